The largest absolute Gasteiger partial charge is 0.462 e. The minimum atomic E-state index is -0.380. The van der Waals surface area contributed by atoms with Crippen molar-refractivity contribution in [3.63, 3.8) is 0 Å². The number of benzene rings is 2. The number of ether oxygens (including phenoxy) is 1. The van der Waals surface area contributed by atoms with Gasteiger partial charge in [-0.2, -0.15) is 0 Å². The summed E-state index contributed by atoms with van der Waals surface area (Å²) < 4.78 is 4.94. The topological polar surface area (TPSA) is 68.3 Å². The molecule has 7 heteroatoms. The number of halogens is 1. The first-order valence-corrected chi connectivity index (χ1v) is 10.0. The standard InChI is InChI=1S/C21H19ClN2O3S/c1-2-27-21(26)15-6-8-17(9-7-15)23-19(25)12-18-13-28-20(24-18)11-14-4-3-5-16(22)10-14/h3-10,13H,2,11-12H2,1H3,(H,23,25). The van der Waals surface area contributed by atoms with Crippen LogP contribution in [0.25, 0.3) is 0 Å². The smallest absolute Gasteiger partial charge is 0.338 e. The maximum Gasteiger partial charge on any atom is 0.338 e. The zero-order valence-corrected chi connectivity index (χ0v) is 16.8. The van der Waals surface area contributed by atoms with E-state index in [0.29, 0.717) is 29.3 Å². The molecule has 3 rings (SSSR count). The van der Waals surface area contributed by atoms with Crippen molar-refractivity contribution < 1.29 is 14.3 Å². The first-order valence-electron chi connectivity index (χ1n) is 8.78. The number of carbonyl (C=O) groups is 2. The van der Waals surface area contributed by atoms with Crippen molar-refractivity contribution in [1.82, 2.24) is 4.98 Å². The summed E-state index contributed by atoms with van der Waals surface area (Å²) in [5.74, 6) is -0.543. The van der Waals surface area contributed by atoms with Gasteiger partial charge in [-0.1, -0.05) is 23.7 Å². The van der Waals surface area contributed by atoms with Crippen molar-refractivity contribution in [2.45, 2.75) is 19.8 Å². The van der Waals surface area contributed by atoms with Gasteiger partial charge in [0.2, 0.25) is 5.91 Å². The van der Waals surface area contributed by atoms with Crippen molar-refractivity contribution in [3.05, 3.63) is 80.8 Å². The third-order valence-electron chi connectivity index (χ3n) is 3.87. The van der Waals surface area contributed by atoms with Gasteiger partial charge < -0.3 is 10.1 Å². The van der Waals surface area contributed by atoms with Gasteiger partial charge in [0.25, 0.3) is 0 Å². The predicted molar refractivity (Wildman–Crippen MR) is 111 cm³/mol. The Hall–Kier alpha value is -2.70. The summed E-state index contributed by atoms with van der Waals surface area (Å²) >= 11 is 7.53. The Morgan fingerprint density at radius 1 is 1.18 bits per heavy atom. The summed E-state index contributed by atoms with van der Waals surface area (Å²) in [4.78, 5) is 28.4. The fourth-order valence-electron chi connectivity index (χ4n) is 2.61. The van der Waals surface area contributed by atoms with Gasteiger partial charge in [0.15, 0.2) is 0 Å². The van der Waals surface area contributed by atoms with Gasteiger partial charge in [-0.15, -0.1) is 11.3 Å². The fourth-order valence-corrected chi connectivity index (χ4v) is 3.65. The van der Waals surface area contributed by atoms with Gasteiger partial charge in [-0.05, 0) is 48.9 Å². The van der Waals surface area contributed by atoms with Crippen molar-refractivity contribution in [2.24, 2.45) is 0 Å². The molecule has 3 aromatic rings. The first-order chi connectivity index (χ1) is 13.5. The van der Waals surface area contributed by atoms with Crippen molar-refractivity contribution in [1.29, 1.82) is 0 Å². The van der Waals surface area contributed by atoms with E-state index in [0.717, 1.165) is 16.3 Å². The number of nitrogens with zero attached hydrogens (tertiary/aromatic N) is 1. The van der Waals surface area contributed by atoms with Crippen LogP contribution in [0, 0.1) is 0 Å². The van der Waals surface area contributed by atoms with Crippen LogP contribution >= 0.6 is 22.9 Å². The highest BCUT2D eigenvalue weighted by atomic mass is 35.5. The highest BCUT2D eigenvalue weighted by molar-refractivity contribution is 7.09. The quantitative estimate of drug-likeness (QED) is 0.566. The Morgan fingerprint density at radius 3 is 2.68 bits per heavy atom. The number of nitrogens with one attached hydrogen (secondary N) is 1. The van der Waals surface area contributed by atoms with E-state index in [1.54, 1.807) is 31.2 Å². The summed E-state index contributed by atoms with van der Waals surface area (Å²) in [5.41, 5.74) is 2.87. The molecule has 0 aliphatic heterocycles. The Kier molecular flexibility index (Phi) is 6.79. The van der Waals surface area contributed by atoms with Crippen LogP contribution in [0.4, 0.5) is 5.69 Å². The van der Waals surface area contributed by atoms with Crippen LogP contribution < -0.4 is 5.32 Å². The van der Waals surface area contributed by atoms with E-state index in [1.807, 2.05) is 29.6 Å². The molecule has 144 valence electrons. The van der Waals surface area contributed by atoms with Crippen molar-refractivity contribution >= 4 is 40.5 Å². The fraction of sp³-hybridized carbons (Fsp3) is 0.190. The van der Waals surface area contributed by atoms with E-state index in [-0.39, 0.29) is 18.3 Å². The third kappa shape index (κ3) is 5.65. The van der Waals surface area contributed by atoms with Gasteiger partial charge in [0, 0.05) is 22.5 Å². The maximum absolute atomic E-state index is 12.3. The lowest BCUT2D eigenvalue weighted by Crippen LogP contribution is -2.15. The lowest BCUT2D eigenvalue weighted by Gasteiger charge is -2.06. The van der Waals surface area contributed by atoms with E-state index < -0.39 is 0 Å². The van der Waals surface area contributed by atoms with Crippen LogP contribution in [0.15, 0.2) is 53.9 Å². The normalized spacial score (nSPS) is 10.5. The highest BCUT2D eigenvalue weighted by Gasteiger charge is 2.10. The molecule has 0 unspecified atom stereocenters. The Labute approximate surface area is 172 Å². The number of amides is 1. The zero-order chi connectivity index (χ0) is 19.9. The first kappa shape index (κ1) is 20.0. The van der Waals surface area contributed by atoms with Crippen LogP contribution in [0.1, 0.15) is 33.5 Å². The Morgan fingerprint density at radius 2 is 1.96 bits per heavy atom. The Bertz CT molecular complexity index is 970. The molecule has 1 amide bonds. The maximum atomic E-state index is 12.3. The number of esters is 1. The molecule has 5 nitrogen and oxygen atoms in total. The van der Waals surface area contributed by atoms with Gasteiger partial charge in [0.05, 0.1) is 29.3 Å². The molecule has 0 aliphatic carbocycles. The summed E-state index contributed by atoms with van der Waals surface area (Å²) in [6.07, 6.45) is 0.869. The average molecular weight is 415 g/mol. The van der Waals surface area contributed by atoms with Gasteiger partial charge in [-0.25, -0.2) is 9.78 Å². The van der Waals surface area contributed by atoms with Gasteiger partial charge in [0.1, 0.15) is 0 Å². The van der Waals surface area contributed by atoms with E-state index >= 15 is 0 Å². The predicted octanol–water partition coefficient (Wildman–Crippen LogP) is 4.75. The number of anilines is 1. The average Bonchev–Trinajstić information content (AvgIpc) is 3.09. The highest BCUT2D eigenvalue weighted by Crippen LogP contribution is 2.18. The second-order valence-electron chi connectivity index (χ2n) is 6.06. The second-order valence-corrected chi connectivity index (χ2v) is 7.44. The number of aromatic nitrogens is 1. The molecule has 1 aromatic heterocycles. The van der Waals surface area contributed by atoms with Crippen LogP contribution in [0.2, 0.25) is 5.02 Å². The van der Waals surface area contributed by atoms with Crippen molar-refractivity contribution in [3.8, 4) is 0 Å². The monoisotopic (exact) mass is 414 g/mol. The lowest BCUT2D eigenvalue weighted by molar-refractivity contribution is -0.115. The molecular weight excluding hydrogens is 396 g/mol. The molecular formula is C21H19ClN2O3S. The summed E-state index contributed by atoms with van der Waals surface area (Å²) in [7, 11) is 0. The van der Waals surface area contributed by atoms with E-state index in [2.05, 4.69) is 10.3 Å². The molecule has 0 spiro atoms. The van der Waals surface area contributed by atoms with Crippen LogP contribution in [-0.2, 0) is 22.4 Å². The lowest BCUT2D eigenvalue weighted by atomic mass is 10.2. The number of carbonyl (C=O) groups excluding carboxylic acids is 2. The van der Waals surface area contributed by atoms with E-state index in [9.17, 15) is 9.59 Å². The molecule has 2 aromatic carbocycles. The van der Waals surface area contributed by atoms with Crippen LogP contribution in [-0.4, -0.2) is 23.5 Å². The Balaban J connectivity index is 1.55. The molecule has 1 N–H and O–H groups in total. The number of thiazole rings is 1. The molecule has 0 fully saturated rings. The van der Waals surface area contributed by atoms with Crippen LogP contribution in [0.3, 0.4) is 0 Å². The molecule has 0 radical (unpaired) electrons. The third-order valence-corrected chi connectivity index (χ3v) is 5.00. The number of hydrogen-bond acceptors (Lipinski definition) is 5. The SMILES string of the molecule is CCOC(=O)c1ccc(NC(=O)Cc2csc(Cc3cccc(Cl)c3)n2)cc1. The summed E-state index contributed by atoms with van der Waals surface area (Å²) in [6, 6.07) is 14.3. The van der Waals surface area contributed by atoms with E-state index in [4.69, 9.17) is 16.3 Å². The van der Waals surface area contributed by atoms with Gasteiger partial charge in [-0.3, -0.25) is 4.79 Å². The molecule has 28 heavy (non-hydrogen) atoms. The number of hydrogen-bond donors (Lipinski definition) is 1. The molecule has 0 atom stereocenters. The minimum absolute atomic E-state index is 0.163. The summed E-state index contributed by atoms with van der Waals surface area (Å²) in [6.45, 7) is 2.08. The molecule has 1 heterocycles. The van der Waals surface area contributed by atoms with Gasteiger partial charge >= 0.3 is 5.97 Å². The van der Waals surface area contributed by atoms with E-state index in [1.165, 1.54) is 11.3 Å². The molecule has 0 saturated heterocycles. The minimum Gasteiger partial charge on any atom is -0.462 e. The summed E-state index contributed by atoms with van der Waals surface area (Å²) in [5, 5.41) is 6.33. The molecule has 0 aliphatic rings. The molecule has 0 saturated carbocycles. The number of rotatable bonds is 7. The van der Waals surface area contributed by atoms with Crippen LogP contribution in [0.5, 0.6) is 0 Å². The molecule has 0 bridgehead atoms. The zero-order valence-electron chi connectivity index (χ0n) is 15.3. The van der Waals surface area contributed by atoms with Crippen molar-refractivity contribution in [2.75, 3.05) is 11.9 Å². The second kappa shape index (κ2) is 9.48.